The predicted octanol–water partition coefficient (Wildman–Crippen LogP) is 3.10. The molecule has 186 valence electrons. The van der Waals surface area contributed by atoms with E-state index in [-0.39, 0.29) is 22.9 Å². The Balaban J connectivity index is 1.11. The van der Waals surface area contributed by atoms with Crippen LogP contribution >= 0.6 is 0 Å². The number of hydrogen-bond acceptors (Lipinski definition) is 5. The first-order valence-electron chi connectivity index (χ1n) is 12.0. The summed E-state index contributed by atoms with van der Waals surface area (Å²) in [5, 5.41) is 5.81. The van der Waals surface area contributed by atoms with Crippen LogP contribution in [0.1, 0.15) is 44.1 Å². The summed E-state index contributed by atoms with van der Waals surface area (Å²) < 4.78 is 26.7. The molecule has 0 aliphatic carbocycles. The smallest absolute Gasteiger partial charge is 0.319 e. The number of para-hydroxylation sites is 1. The molecule has 35 heavy (non-hydrogen) atoms. The van der Waals surface area contributed by atoms with E-state index >= 15 is 0 Å². The Morgan fingerprint density at radius 2 is 1.69 bits per heavy atom. The van der Waals surface area contributed by atoms with Crippen LogP contribution in [0, 0.1) is 0 Å². The second-order valence-corrected chi connectivity index (χ2v) is 10.4. The highest BCUT2D eigenvalue weighted by molar-refractivity contribution is 7.90. The van der Waals surface area contributed by atoms with Crippen LogP contribution in [0.15, 0.2) is 64.5 Å². The SMILES string of the molecule is O=C(Nc1ccccc1)NC1CCN(C(=O)CCCCCN=C2NS(=O)(=O)c3ccccc32)CC1. The Bertz CT molecular complexity index is 1180. The summed E-state index contributed by atoms with van der Waals surface area (Å²) in [6.45, 7) is 1.78. The number of carbonyl (C=O) groups is 2. The van der Waals surface area contributed by atoms with Gasteiger partial charge in [-0.25, -0.2) is 13.2 Å². The summed E-state index contributed by atoms with van der Waals surface area (Å²) in [5.41, 5.74) is 1.36. The van der Waals surface area contributed by atoms with Gasteiger partial charge in [0.15, 0.2) is 0 Å². The lowest BCUT2D eigenvalue weighted by atomic mass is 10.0. The highest BCUT2D eigenvalue weighted by atomic mass is 32.2. The molecular formula is C25H31N5O4S. The van der Waals surface area contributed by atoms with E-state index < -0.39 is 10.0 Å². The first-order valence-corrected chi connectivity index (χ1v) is 13.5. The number of carbonyl (C=O) groups excluding carboxylic acids is 2. The van der Waals surface area contributed by atoms with Crippen LogP contribution < -0.4 is 15.4 Å². The number of urea groups is 1. The van der Waals surface area contributed by atoms with Crippen LogP contribution in [0.25, 0.3) is 0 Å². The average Bonchev–Trinajstić information content (AvgIpc) is 3.12. The molecule has 2 heterocycles. The molecule has 3 N–H and O–H groups in total. The standard InChI is InChI=1S/C25H31N5O4S/c31-23(30-17-14-20(15-18-30)28-25(32)27-19-9-3-1-4-10-19)13-5-2-8-16-26-24-21-11-6-7-12-22(21)35(33,34)29-24/h1,3-4,6-7,9-12,20H,2,5,8,13-18H2,(H,26,29)(H2,27,28,32). The molecule has 0 saturated carbocycles. The maximum absolute atomic E-state index is 12.5. The number of amides is 3. The van der Waals surface area contributed by atoms with Crippen LogP contribution in [0.3, 0.4) is 0 Å². The monoisotopic (exact) mass is 497 g/mol. The lowest BCUT2D eigenvalue weighted by Gasteiger charge is -2.32. The van der Waals surface area contributed by atoms with E-state index in [1.54, 1.807) is 24.3 Å². The van der Waals surface area contributed by atoms with Crippen LogP contribution in [0.2, 0.25) is 0 Å². The number of nitrogens with zero attached hydrogens (tertiary/aromatic N) is 2. The van der Waals surface area contributed by atoms with Crippen molar-refractivity contribution in [3.8, 4) is 0 Å². The second-order valence-electron chi connectivity index (χ2n) is 8.76. The Hall–Kier alpha value is -3.40. The maximum Gasteiger partial charge on any atom is 0.319 e. The molecule has 0 spiro atoms. The highest BCUT2D eigenvalue weighted by Crippen LogP contribution is 2.22. The summed E-state index contributed by atoms with van der Waals surface area (Å²) in [7, 11) is -3.51. The Labute approximate surface area is 206 Å². The number of unbranched alkanes of at least 4 members (excludes halogenated alkanes) is 2. The number of anilines is 1. The van der Waals surface area contributed by atoms with Gasteiger partial charge in [-0.15, -0.1) is 0 Å². The molecule has 3 amide bonds. The van der Waals surface area contributed by atoms with Gasteiger partial charge in [0.05, 0.1) is 4.90 Å². The van der Waals surface area contributed by atoms with E-state index in [4.69, 9.17) is 0 Å². The molecule has 2 aliphatic heterocycles. The number of aliphatic imine (C=N–C) groups is 1. The fourth-order valence-electron chi connectivity index (χ4n) is 4.31. The minimum Gasteiger partial charge on any atom is -0.343 e. The summed E-state index contributed by atoms with van der Waals surface area (Å²) in [6.07, 6.45) is 4.35. The highest BCUT2D eigenvalue weighted by Gasteiger charge is 2.30. The predicted molar refractivity (Wildman–Crippen MR) is 135 cm³/mol. The van der Waals surface area contributed by atoms with Gasteiger partial charge < -0.3 is 15.5 Å². The number of piperidine rings is 1. The lowest BCUT2D eigenvalue weighted by Crippen LogP contribution is -2.47. The normalized spacial score (nSPS) is 18.1. The van der Waals surface area contributed by atoms with Gasteiger partial charge in [0.1, 0.15) is 5.84 Å². The van der Waals surface area contributed by atoms with Crippen molar-refractivity contribution in [1.29, 1.82) is 0 Å². The summed E-state index contributed by atoms with van der Waals surface area (Å²) in [5.74, 6) is 0.534. The number of sulfonamides is 1. The van der Waals surface area contributed by atoms with Crippen LogP contribution in [-0.2, 0) is 14.8 Å². The van der Waals surface area contributed by atoms with Crippen molar-refractivity contribution in [3.63, 3.8) is 0 Å². The van der Waals surface area contributed by atoms with Crippen molar-refractivity contribution >= 4 is 33.5 Å². The van der Waals surface area contributed by atoms with Gasteiger partial charge in [0.25, 0.3) is 10.0 Å². The van der Waals surface area contributed by atoms with Gasteiger partial charge in [-0.3, -0.25) is 14.5 Å². The first kappa shape index (κ1) is 24.7. The van der Waals surface area contributed by atoms with Gasteiger partial charge in [-0.2, -0.15) is 0 Å². The molecule has 2 aromatic rings. The van der Waals surface area contributed by atoms with Gasteiger partial charge in [0.2, 0.25) is 5.91 Å². The molecule has 1 fully saturated rings. The Morgan fingerprint density at radius 3 is 2.46 bits per heavy atom. The van der Waals surface area contributed by atoms with E-state index in [1.165, 1.54) is 0 Å². The van der Waals surface area contributed by atoms with E-state index in [0.717, 1.165) is 37.8 Å². The van der Waals surface area contributed by atoms with Crippen molar-refractivity contribution in [2.45, 2.75) is 49.5 Å². The van der Waals surface area contributed by atoms with Crippen LogP contribution in [0.4, 0.5) is 10.5 Å². The molecule has 1 saturated heterocycles. The zero-order valence-electron chi connectivity index (χ0n) is 19.6. The summed E-state index contributed by atoms with van der Waals surface area (Å²) in [4.78, 5) is 31.2. The van der Waals surface area contributed by atoms with Gasteiger partial charge in [-0.1, -0.05) is 36.8 Å². The molecule has 0 bridgehead atoms. The minimum atomic E-state index is -3.51. The third-order valence-corrected chi connectivity index (χ3v) is 7.59. The molecule has 4 rings (SSSR count). The zero-order chi connectivity index (χ0) is 24.7. The lowest BCUT2D eigenvalue weighted by molar-refractivity contribution is -0.132. The Morgan fingerprint density at radius 1 is 0.971 bits per heavy atom. The number of nitrogens with one attached hydrogen (secondary N) is 3. The molecule has 2 aromatic carbocycles. The first-order chi connectivity index (χ1) is 16.9. The number of rotatable bonds is 8. The van der Waals surface area contributed by atoms with E-state index in [9.17, 15) is 18.0 Å². The van der Waals surface area contributed by atoms with Crippen LogP contribution in [0.5, 0.6) is 0 Å². The number of fused-ring (bicyclic) bond motifs is 1. The minimum absolute atomic E-state index is 0.0556. The van der Waals surface area contributed by atoms with Gasteiger partial charge in [0, 0.05) is 43.3 Å². The molecule has 0 aromatic heterocycles. The third-order valence-electron chi connectivity index (χ3n) is 6.20. The second kappa shape index (κ2) is 11.4. The number of hydrogen-bond donors (Lipinski definition) is 3. The summed E-state index contributed by atoms with van der Waals surface area (Å²) in [6, 6.07) is 15.9. The van der Waals surface area contributed by atoms with Gasteiger partial charge in [-0.05, 0) is 49.9 Å². The number of amidine groups is 1. The molecule has 2 aliphatic rings. The van der Waals surface area contributed by atoms with Crippen molar-refractivity contribution in [2.24, 2.45) is 4.99 Å². The fraction of sp³-hybridized carbons (Fsp3) is 0.400. The fourth-order valence-corrected chi connectivity index (χ4v) is 5.56. The average molecular weight is 498 g/mol. The molecule has 10 heteroatoms. The quantitative estimate of drug-likeness (QED) is 0.486. The topological polar surface area (TPSA) is 120 Å². The maximum atomic E-state index is 12.5. The molecule has 0 atom stereocenters. The summed E-state index contributed by atoms with van der Waals surface area (Å²) >= 11 is 0. The molecule has 9 nitrogen and oxygen atoms in total. The van der Waals surface area contributed by atoms with Crippen molar-refractivity contribution in [3.05, 3.63) is 60.2 Å². The number of benzene rings is 2. The molecular weight excluding hydrogens is 466 g/mol. The van der Waals surface area contributed by atoms with E-state index in [1.807, 2.05) is 35.2 Å². The zero-order valence-corrected chi connectivity index (χ0v) is 20.4. The van der Waals surface area contributed by atoms with Crippen molar-refractivity contribution < 1.29 is 18.0 Å². The third kappa shape index (κ3) is 6.60. The van der Waals surface area contributed by atoms with Crippen molar-refractivity contribution in [1.82, 2.24) is 14.9 Å². The van der Waals surface area contributed by atoms with Crippen LogP contribution in [-0.4, -0.2) is 56.8 Å². The number of likely N-dealkylation sites (tertiary alicyclic amines) is 1. The largest absolute Gasteiger partial charge is 0.343 e. The van der Waals surface area contributed by atoms with Gasteiger partial charge >= 0.3 is 6.03 Å². The molecule has 0 radical (unpaired) electrons. The molecule has 0 unspecified atom stereocenters. The van der Waals surface area contributed by atoms with E-state index in [2.05, 4.69) is 20.3 Å². The van der Waals surface area contributed by atoms with E-state index in [0.29, 0.717) is 37.5 Å². The van der Waals surface area contributed by atoms with Crippen molar-refractivity contribution in [2.75, 3.05) is 25.0 Å². The Kier molecular flexibility index (Phi) is 8.02.